The molecule has 0 bridgehead atoms. The van der Waals surface area contributed by atoms with E-state index in [0.29, 0.717) is 11.1 Å². The van der Waals surface area contributed by atoms with E-state index in [0.717, 1.165) is 16.7 Å². The van der Waals surface area contributed by atoms with Gasteiger partial charge in [0.15, 0.2) is 0 Å². The Labute approximate surface area is 344 Å². The highest BCUT2D eigenvalue weighted by Gasteiger charge is 2.27. The van der Waals surface area contributed by atoms with E-state index < -0.39 is 0 Å². The molecule has 0 radical (unpaired) electrons. The molecule has 0 saturated heterocycles. The third kappa shape index (κ3) is 4.29. The van der Waals surface area contributed by atoms with Gasteiger partial charge >= 0.3 is 0 Å². The molecular weight excluding hydrogens is 725 g/mol. The predicted molar refractivity (Wildman–Crippen MR) is 252 cm³/mol. The summed E-state index contributed by atoms with van der Waals surface area (Å²) in [7, 11) is 0. The standard InChI is InChI=1S/C58H30N2/c59-31-33-19-23-35(24-20-33)52-51-30-50-42-14-6-4-12-40(42)44-15-7-17-46(55(44)50)56(51)53(36-25-21-34(32-60)22-26-36)58-48-28-27-43(45-16-8-18-47(54(45)48)57(52)58)49-29-37-9-1-2-10-38(37)39-11-3-5-13-41(39)49/h1-30H. The lowest BCUT2D eigenvalue weighted by atomic mass is 9.83. The van der Waals surface area contributed by atoms with Crippen LogP contribution >= 0.6 is 0 Å². The molecular formula is C58H30N2. The van der Waals surface area contributed by atoms with Crippen LogP contribution in [0.2, 0.25) is 0 Å². The molecule has 0 saturated carbocycles. The van der Waals surface area contributed by atoms with Gasteiger partial charge in [0, 0.05) is 0 Å². The number of hydrogen-bond donors (Lipinski definition) is 0. The highest BCUT2D eigenvalue weighted by atomic mass is 14.3. The van der Waals surface area contributed by atoms with E-state index in [1.165, 1.54) is 114 Å². The van der Waals surface area contributed by atoms with Gasteiger partial charge in [-0.2, -0.15) is 10.5 Å². The lowest BCUT2D eigenvalue weighted by Gasteiger charge is -2.19. The van der Waals surface area contributed by atoms with Crippen LogP contribution in [-0.4, -0.2) is 0 Å². The predicted octanol–water partition coefficient (Wildman–Crippen LogP) is 15.7. The van der Waals surface area contributed by atoms with Crippen molar-refractivity contribution in [2.75, 3.05) is 0 Å². The second-order valence-corrected chi connectivity index (χ2v) is 16.1. The van der Waals surface area contributed by atoms with Gasteiger partial charge in [-0.3, -0.25) is 0 Å². The van der Waals surface area contributed by atoms with Gasteiger partial charge in [0.05, 0.1) is 23.3 Å². The Morgan fingerprint density at radius 1 is 0.267 bits per heavy atom. The minimum Gasteiger partial charge on any atom is -0.192 e. The van der Waals surface area contributed by atoms with Crippen LogP contribution in [0.1, 0.15) is 11.1 Å². The fourth-order valence-electron chi connectivity index (χ4n) is 10.7. The summed E-state index contributed by atoms with van der Waals surface area (Å²) in [5, 5.41) is 41.9. The van der Waals surface area contributed by atoms with Crippen LogP contribution in [0, 0.1) is 22.7 Å². The Bertz CT molecular complexity index is 4050. The van der Waals surface area contributed by atoms with Crippen molar-refractivity contribution in [2.24, 2.45) is 0 Å². The highest BCUT2D eigenvalue weighted by molar-refractivity contribution is 6.45. The third-order valence-electron chi connectivity index (χ3n) is 13.2. The molecule has 13 aromatic carbocycles. The van der Waals surface area contributed by atoms with Crippen LogP contribution in [-0.2, 0) is 0 Å². The molecule has 60 heavy (non-hydrogen) atoms. The Morgan fingerprint density at radius 3 is 1.43 bits per heavy atom. The summed E-state index contributed by atoms with van der Waals surface area (Å²) in [5.41, 5.74) is 8.17. The van der Waals surface area contributed by atoms with Crippen LogP contribution in [0.5, 0.6) is 0 Å². The largest absolute Gasteiger partial charge is 0.192 e. The molecule has 0 fully saturated rings. The van der Waals surface area contributed by atoms with E-state index in [2.05, 4.69) is 170 Å². The summed E-state index contributed by atoms with van der Waals surface area (Å²) in [6.07, 6.45) is 0. The molecule has 0 amide bonds. The molecule has 0 spiro atoms. The van der Waals surface area contributed by atoms with Gasteiger partial charge in [-0.05, 0) is 167 Å². The summed E-state index contributed by atoms with van der Waals surface area (Å²) < 4.78 is 0. The van der Waals surface area contributed by atoms with E-state index in [1.54, 1.807) is 0 Å². The van der Waals surface area contributed by atoms with Gasteiger partial charge in [0.2, 0.25) is 0 Å². The third-order valence-corrected chi connectivity index (χ3v) is 13.2. The van der Waals surface area contributed by atoms with Crippen LogP contribution < -0.4 is 0 Å². The summed E-state index contributed by atoms with van der Waals surface area (Å²) in [6, 6.07) is 70.3. The first-order valence-corrected chi connectivity index (χ1v) is 20.4. The molecule has 2 nitrogen and oxygen atoms in total. The van der Waals surface area contributed by atoms with Crippen LogP contribution in [0.3, 0.4) is 0 Å². The summed E-state index contributed by atoms with van der Waals surface area (Å²) in [4.78, 5) is 0. The van der Waals surface area contributed by atoms with Gasteiger partial charge in [0.1, 0.15) is 0 Å². The van der Waals surface area contributed by atoms with E-state index >= 15 is 0 Å². The van der Waals surface area contributed by atoms with E-state index in [4.69, 9.17) is 0 Å². The lowest BCUT2D eigenvalue weighted by molar-refractivity contribution is 1.48. The molecule has 0 N–H and O–H groups in total. The minimum absolute atomic E-state index is 0.633. The Kier molecular flexibility index (Phi) is 6.61. The molecule has 0 aliphatic carbocycles. The first-order chi connectivity index (χ1) is 29.7. The van der Waals surface area contributed by atoms with E-state index in [-0.39, 0.29) is 0 Å². The van der Waals surface area contributed by atoms with Crippen molar-refractivity contribution in [2.45, 2.75) is 0 Å². The van der Waals surface area contributed by atoms with Crippen molar-refractivity contribution in [1.29, 1.82) is 10.5 Å². The van der Waals surface area contributed by atoms with Crippen molar-refractivity contribution >= 4 is 97.0 Å². The number of rotatable bonds is 3. The van der Waals surface area contributed by atoms with Crippen LogP contribution in [0.15, 0.2) is 182 Å². The Balaban J connectivity index is 1.28. The number of fused-ring (bicyclic) bond motifs is 11. The summed E-state index contributed by atoms with van der Waals surface area (Å²) in [6.45, 7) is 0. The summed E-state index contributed by atoms with van der Waals surface area (Å²) in [5.74, 6) is 0. The maximum Gasteiger partial charge on any atom is 0.0991 e. The fourth-order valence-corrected chi connectivity index (χ4v) is 10.7. The normalized spacial score (nSPS) is 12.0. The molecule has 0 atom stereocenters. The monoisotopic (exact) mass is 754 g/mol. The average molecular weight is 755 g/mol. The van der Waals surface area contributed by atoms with Crippen LogP contribution in [0.25, 0.3) is 130 Å². The minimum atomic E-state index is 0.633. The second-order valence-electron chi connectivity index (χ2n) is 16.1. The molecule has 0 aliphatic rings. The molecule has 13 rings (SSSR count). The van der Waals surface area contributed by atoms with Gasteiger partial charge in [-0.25, -0.2) is 0 Å². The topological polar surface area (TPSA) is 47.6 Å². The average Bonchev–Trinajstić information content (AvgIpc) is 3.82. The second kappa shape index (κ2) is 12.1. The van der Waals surface area contributed by atoms with Crippen molar-refractivity contribution in [3.63, 3.8) is 0 Å². The molecule has 13 aromatic rings. The molecule has 0 heterocycles. The quantitative estimate of drug-likeness (QED) is 0.169. The molecule has 0 aliphatic heterocycles. The van der Waals surface area contributed by atoms with Gasteiger partial charge < -0.3 is 0 Å². The zero-order valence-electron chi connectivity index (χ0n) is 32.2. The Morgan fingerprint density at radius 2 is 0.750 bits per heavy atom. The van der Waals surface area contributed by atoms with Gasteiger partial charge in [-0.15, -0.1) is 0 Å². The molecule has 0 aromatic heterocycles. The summed E-state index contributed by atoms with van der Waals surface area (Å²) >= 11 is 0. The number of nitrogens with zero attached hydrogens (tertiary/aromatic N) is 2. The highest BCUT2D eigenvalue weighted by Crippen LogP contribution is 2.55. The van der Waals surface area contributed by atoms with Crippen molar-refractivity contribution in [3.8, 4) is 45.5 Å². The van der Waals surface area contributed by atoms with E-state index in [1.807, 2.05) is 24.3 Å². The maximum atomic E-state index is 9.91. The van der Waals surface area contributed by atoms with Crippen molar-refractivity contribution < 1.29 is 0 Å². The smallest absolute Gasteiger partial charge is 0.0991 e. The van der Waals surface area contributed by atoms with E-state index in [9.17, 15) is 10.5 Å². The fraction of sp³-hybridized carbons (Fsp3) is 0. The van der Waals surface area contributed by atoms with Gasteiger partial charge in [-0.1, -0.05) is 146 Å². The van der Waals surface area contributed by atoms with Crippen LogP contribution in [0.4, 0.5) is 0 Å². The zero-order valence-corrected chi connectivity index (χ0v) is 32.2. The van der Waals surface area contributed by atoms with Crippen molar-refractivity contribution in [3.05, 3.63) is 193 Å². The number of nitriles is 2. The molecule has 272 valence electrons. The lowest BCUT2D eigenvalue weighted by Crippen LogP contribution is -1.92. The maximum absolute atomic E-state index is 9.91. The molecule has 0 unspecified atom stereocenters. The Hall–Kier alpha value is -8.30. The zero-order chi connectivity index (χ0) is 39.6. The number of benzene rings is 11. The van der Waals surface area contributed by atoms with Gasteiger partial charge in [0.25, 0.3) is 0 Å². The molecule has 2 heteroatoms. The van der Waals surface area contributed by atoms with Crippen molar-refractivity contribution in [1.82, 2.24) is 0 Å². The number of hydrogen-bond acceptors (Lipinski definition) is 2. The first kappa shape index (κ1) is 32.8. The SMILES string of the molecule is N#Cc1ccc(-c2c3cc4c5ccccc5c5cccc(c3c(-c3ccc(C#N)cc3)c3c6ccc(-c7cc8ccccc8c8ccccc78)c7cccc(c23)c76)c54)cc1. The first-order valence-electron chi connectivity index (χ1n) is 20.4.